The van der Waals surface area contributed by atoms with Crippen molar-refractivity contribution in [1.82, 2.24) is 10.2 Å². The molecule has 0 spiro atoms. The van der Waals surface area contributed by atoms with Crippen LogP contribution in [0.1, 0.15) is 16.4 Å². The van der Waals surface area contributed by atoms with Crippen molar-refractivity contribution >= 4 is 34.2 Å². The van der Waals surface area contributed by atoms with Crippen LogP contribution in [0.15, 0.2) is 65.0 Å². The van der Waals surface area contributed by atoms with E-state index in [1.54, 1.807) is 0 Å². The smallest absolute Gasteiger partial charge is 0.323 e. The topological polar surface area (TPSA) is 64.1 Å². The molecule has 5 nitrogen and oxygen atoms in total. The molecule has 3 rings (SSSR count). The molecule has 0 bridgehead atoms. The lowest BCUT2D eigenvalue weighted by Gasteiger charge is -2.12. The molecule has 128 valence electrons. The zero-order chi connectivity index (χ0) is 17.5. The van der Waals surface area contributed by atoms with Gasteiger partial charge in [0.25, 0.3) is 0 Å². The number of benzene rings is 2. The fraction of sp³-hybridized carbons (Fsp3) is 0.167. The Hall–Kier alpha value is -2.38. The van der Waals surface area contributed by atoms with Crippen molar-refractivity contribution < 1.29 is 9.53 Å². The highest BCUT2D eigenvalue weighted by Crippen LogP contribution is 2.38. The van der Waals surface area contributed by atoms with Crippen molar-refractivity contribution in [3.63, 3.8) is 0 Å². The average molecular weight is 371 g/mol. The number of methoxy groups -OCH3 is 1. The van der Waals surface area contributed by atoms with E-state index in [-0.39, 0.29) is 5.97 Å². The van der Waals surface area contributed by atoms with Gasteiger partial charge in [-0.25, -0.2) is 0 Å². The van der Waals surface area contributed by atoms with Gasteiger partial charge < -0.3 is 10.1 Å². The van der Waals surface area contributed by atoms with Gasteiger partial charge in [-0.05, 0) is 11.1 Å². The van der Waals surface area contributed by atoms with Gasteiger partial charge in [-0.2, -0.15) is 0 Å². The summed E-state index contributed by atoms with van der Waals surface area (Å²) < 4.78 is 5.65. The summed E-state index contributed by atoms with van der Waals surface area (Å²) in [5, 5.41) is 11.8. The van der Waals surface area contributed by atoms with Gasteiger partial charge in [-0.15, -0.1) is 10.2 Å². The van der Waals surface area contributed by atoms with Gasteiger partial charge in [0.15, 0.2) is 4.34 Å². The highest BCUT2D eigenvalue weighted by Gasteiger charge is 2.24. The third-order valence-electron chi connectivity index (χ3n) is 3.43. The molecule has 1 unspecified atom stereocenters. The number of hydrogen-bond donors (Lipinski definition) is 1. The number of rotatable bonds is 7. The summed E-state index contributed by atoms with van der Waals surface area (Å²) in [6.07, 6.45) is 0. The molecule has 0 saturated heterocycles. The highest BCUT2D eigenvalue weighted by atomic mass is 32.2. The zero-order valence-electron chi connectivity index (χ0n) is 13.6. The second-order valence-electron chi connectivity index (χ2n) is 5.14. The lowest BCUT2D eigenvalue weighted by atomic mass is 10.1. The van der Waals surface area contributed by atoms with Crippen LogP contribution >= 0.6 is 23.1 Å². The maximum absolute atomic E-state index is 12.1. The van der Waals surface area contributed by atoms with E-state index in [0.717, 1.165) is 15.0 Å². The van der Waals surface area contributed by atoms with Crippen LogP contribution in [0.25, 0.3) is 0 Å². The molecule has 0 aliphatic carbocycles. The molecular formula is C18H17N3O2S2. The fourth-order valence-corrected chi connectivity index (χ4v) is 4.16. The minimum Gasteiger partial charge on any atom is -0.468 e. The molecule has 0 fully saturated rings. The molecule has 3 aromatic rings. The molecule has 2 aromatic carbocycles. The van der Waals surface area contributed by atoms with E-state index >= 15 is 0 Å². The Bertz CT molecular complexity index is 809. The maximum atomic E-state index is 12.1. The minimum atomic E-state index is -0.457. The number of thioether (sulfide) groups is 1. The molecule has 0 aliphatic rings. The zero-order valence-corrected chi connectivity index (χ0v) is 15.2. The predicted molar refractivity (Wildman–Crippen MR) is 101 cm³/mol. The molecule has 1 N–H and O–H groups in total. The number of carbonyl (C=O) groups excluding carboxylic acids is 1. The summed E-state index contributed by atoms with van der Waals surface area (Å²) in [4.78, 5) is 12.1. The fourth-order valence-electron chi connectivity index (χ4n) is 2.19. The summed E-state index contributed by atoms with van der Waals surface area (Å²) in [5.74, 6) is -0.301. The van der Waals surface area contributed by atoms with E-state index in [9.17, 15) is 4.79 Å². The molecule has 25 heavy (non-hydrogen) atoms. The summed E-state index contributed by atoms with van der Waals surface area (Å²) in [5.41, 5.74) is 2.05. The van der Waals surface area contributed by atoms with Crippen LogP contribution in [-0.2, 0) is 16.1 Å². The van der Waals surface area contributed by atoms with Crippen LogP contribution in [0.5, 0.6) is 0 Å². The first-order chi connectivity index (χ1) is 12.3. The molecular weight excluding hydrogens is 354 g/mol. The van der Waals surface area contributed by atoms with E-state index < -0.39 is 5.25 Å². The Morgan fingerprint density at radius 2 is 1.80 bits per heavy atom. The summed E-state index contributed by atoms with van der Waals surface area (Å²) in [6, 6.07) is 19.6. The Kier molecular flexibility index (Phi) is 6.03. The number of nitrogens with zero attached hydrogens (tertiary/aromatic N) is 2. The van der Waals surface area contributed by atoms with Gasteiger partial charge in [-0.3, -0.25) is 4.79 Å². The van der Waals surface area contributed by atoms with Crippen molar-refractivity contribution in [3.05, 3.63) is 71.8 Å². The molecule has 0 saturated carbocycles. The number of carbonyl (C=O) groups is 1. The molecule has 0 amide bonds. The number of aromatic nitrogens is 2. The lowest BCUT2D eigenvalue weighted by molar-refractivity contribution is -0.140. The Morgan fingerprint density at radius 1 is 1.12 bits per heavy atom. The minimum absolute atomic E-state index is 0.301. The van der Waals surface area contributed by atoms with E-state index in [4.69, 9.17) is 4.74 Å². The molecule has 0 aliphatic heterocycles. The second kappa shape index (κ2) is 8.64. The van der Waals surface area contributed by atoms with E-state index in [2.05, 4.69) is 15.5 Å². The van der Waals surface area contributed by atoms with Gasteiger partial charge in [0, 0.05) is 6.54 Å². The van der Waals surface area contributed by atoms with Crippen molar-refractivity contribution in [2.45, 2.75) is 16.1 Å². The number of nitrogens with one attached hydrogen (secondary N) is 1. The van der Waals surface area contributed by atoms with Gasteiger partial charge in [0.05, 0.1) is 7.11 Å². The third kappa shape index (κ3) is 4.80. The first kappa shape index (κ1) is 17.4. The first-order valence-corrected chi connectivity index (χ1v) is 9.36. The van der Waals surface area contributed by atoms with E-state index in [1.165, 1.54) is 35.8 Å². The van der Waals surface area contributed by atoms with Crippen LogP contribution in [0, 0.1) is 0 Å². The van der Waals surface area contributed by atoms with E-state index in [0.29, 0.717) is 6.54 Å². The van der Waals surface area contributed by atoms with Gasteiger partial charge >= 0.3 is 5.97 Å². The van der Waals surface area contributed by atoms with E-state index in [1.807, 2.05) is 60.7 Å². The molecule has 1 atom stereocenters. The van der Waals surface area contributed by atoms with Gasteiger partial charge in [-0.1, -0.05) is 83.8 Å². The first-order valence-electron chi connectivity index (χ1n) is 7.67. The molecule has 0 radical (unpaired) electrons. The van der Waals surface area contributed by atoms with Crippen molar-refractivity contribution in [2.75, 3.05) is 12.4 Å². The third-order valence-corrected chi connectivity index (χ3v) is 5.63. The Labute approximate surface area is 154 Å². The van der Waals surface area contributed by atoms with Crippen LogP contribution in [-0.4, -0.2) is 23.3 Å². The standard InChI is InChI=1S/C18H17N3O2S2/c1-23-16(22)15(14-10-6-3-7-11-14)24-18-21-20-17(25-18)19-12-13-8-4-2-5-9-13/h2-11,15H,12H2,1H3,(H,19,20). The van der Waals surface area contributed by atoms with Crippen LogP contribution in [0.4, 0.5) is 5.13 Å². The summed E-state index contributed by atoms with van der Waals surface area (Å²) in [7, 11) is 1.39. The average Bonchev–Trinajstić information content (AvgIpc) is 3.13. The number of ether oxygens (including phenoxy) is 1. The Balaban J connectivity index is 1.67. The van der Waals surface area contributed by atoms with Crippen LogP contribution in [0.2, 0.25) is 0 Å². The quantitative estimate of drug-likeness (QED) is 0.497. The number of hydrogen-bond acceptors (Lipinski definition) is 7. The van der Waals surface area contributed by atoms with Crippen molar-refractivity contribution in [1.29, 1.82) is 0 Å². The molecule has 1 aromatic heterocycles. The van der Waals surface area contributed by atoms with Gasteiger partial charge in [0.2, 0.25) is 5.13 Å². The van der Waals surface area contributed by atoms with Crippen LogP contribution < -0.4 is 5.32 Å². The normalized spacial score (nSPS) is 11.7. The molecule has 7 heteroatoms. The summed E-state index contributed by atoms with van der Waals surface area (Å²) in [6.45, 7) is 0.680. The number of anilines is 1. The Morgan fingerprint density at radius 3 is 2.48 bits per heavy atom. The number of esters is 1. The van der Waals surface area contributed by atoms with Crippen molar-refractivity contribution in [3.8, 4) is 0 Å². The highest BCUT2D eigenvalue weighted by molar-refractivity contribution is 8.01. The summed E-state index contributed by atoms with van der Waals surface area (Å²) >= 11 is 2.77. The van der Waals surface area contributed by atoms with Crippen molar-refractivity contribution in [2.24, 2.45) is 0 Å². The monoisotopic (exact) mass is 371 g/mol. The van der Waals surface area contributed by atoms with Crippen LogP contribution in [0.3, 0.4) is 0 Å². The lowest BCUT2D eigenvalue weighted by Crippen LogP contribution is -2.10. The molecule has 1 heterocycles. The SMILES string of the molecule is COC(=O)C(Sc1nnc(NCc2ccccc2)s1)c1ccccc1. The largest absolute Gasteiger partial charge is 0.468 e. The van der Waals surface area contributed by atoms with Gasteiger partial charge in [0.1, 0.15) is 5.25 Å². The predicted octanol–water partition coefficient (Wildman–Crippen LogP) is 4.16. The maximum Gasteiger partial charge on any atom is 0.323 e. The second-order valence-corrected chi connectivity index (χ2v) is 7.47.